The maximum atomic E-state index is 11.7. The third kappa shape index (κ3) is 4.77. The van der Waals surface area contributed by atoms with Crippen molar-refractivity contribution in [3.8, 4) is 5.75 Å². The van der Waals surface area contributed by atoms with Gasteiger partial charge in [-0.25, -0.2) is 5.43 Å². The number of nitro groups is 1. The molecule has 1 aromatic carbocycles. The number of amides is 1. The number of ether oxygens (including phenoxy) is 1. The molecule has 0 aliphatic rings. The van der Waals surface area contributed by atoms with E-state index >= 15 is 0 Å². The van der Waals surface area contributed by atoms with E-state index in [4.69, 9.17) is 16.3 Å². The van der Waals surface area contributed by atoms with Gasteiger partial charge in [-0.3, -0.25) is 14.9 Å². The first-order chi connectivity index (χ1) is 11.4. The quantitative estimate of drug-likeness (QED) is 0.480. The molecule has 9 heteroatoms. The van der Waals surface area contributed by atoms with E-state index < -0.39 is 10.8 Å². The average Bonchev–Trinajstić information content (AvgIpc) is 2.99. The molecule has 0 aliphatic carbocycles. The SMILES string of the molecule is Cc1cc(OCC(=O)N/N=C/c2ccc([N+](=O)[O-])s2)cc(C)c1Cl. The summed E-state index contributed by atoms with van der Waals surface area (Å²) in [5.41, 5.74) is 4.03. The van der Waals surface area contributed by atoms with Crippen LogP contribution in [0.2, 0.25) is 5.02 Å². The van der Waals surface area contributed by atoms with E-state index in [0.29, 0.717) is 15.6 Å². The molecule has 2 aromatic rings. The van der Waals surface area contributed by atoms with Crippen LogP contribution in [0.4, 0.5) is 5.00 Å². The first kappa shape index (κ1) is 17.9. The fourth-order valence-electron chi connectivity index (χ4n) is 1.85. The Bertz CT molecular complexity index is 781. The van der Waals surface area contributed by atoms with Gasteiger partial charge >= 0.3 is 5.00 Å². The minimum atomic E-state index is -0.482. The standard InChI is InChI=1S/C15H14ClN3O4S/c1-9-5-11(6-10(2)15(9)16)23-8-13(20)18-17-7-12-3-4-14(24-12)19(21)22/h3-7H,8H2,1-2H3,(H,18,20)/b17-7+. The number of benzene rings is 1. The van der Waals surface area contributed by atoms with Gasteiger partial charge in [-0.1, -0.05) is 22.9 Å². The molecule has 2 rings (SSSR count). The Morgan fingerprint density at radius 3 is 2.67 bits per heavy atom. The van der Waals surface area contributed by atoms with Gasteiger partial charge in [0.1, 0.15) is 5.75 Å². The molecule has 0 bridgehead atoms. The van der Waals surface area contributed by atoms with E-state index in [9.17, 15) is 14.9 Å². The molecule has 0 spiro atoms. The van der Waals surface area contributed by atoms with Crippen LogP contribution >= 0.6 is 22.9 Å². The highest BCUT2D eigenvalue weighted by Crippen LogP contribution is 2.25. The highest BCUT2D eigenvalue weighted by molar-refractivity contribution is 7.16. The molecule has 1 amide bonds. The van der Waals surface area contributed by atoms with Gasteiger partial charge in [-0.15, -0.1) is 0 Å². The summed E-state index contributed by atoms with van der Waals surface area (Å²) in [7, 11) is 0. The Morgan fingerprint density at radius 2 is 2.08 bits per heavy atom. The summed E-state index contributed by atoms with van der Waals surface area (Å²) in [4.78, 5) is 22.3. The van der Waals surface area contributed by atoms with E-state index in [-0.39, 0.29) is 11.6 Å². The molecule has 1 aromatic heterocycles. The smallest absolute Gasteiger partial charge is 0.324 e. The number of halogens is 1. The number of aryl methyl sites for hydroxylation is 2. The van der Waals surface area contributed by atoms with Crippen LogP contribution in [0.3, 0.4) is 0 Å². The van der Waals surface area contributed by atoms with Gasteiger partial charge in [0.15, 0.2) is 6.61 Å². The lowest BCUT2D eigenvalue weighted by atomic mass is 10.1. The number of carbonyl (C=O) groups excluding carboxylic acids is 1. The van der Waals surface area contributed by atoms with Gasteiger partial charge in [0.05, 0.1) is 16.0 Å². The number of carbonyl (C=O) groups is 1. The fraction of sp³-hybridized carbons (Fsp3) is 0.200. The van der Waals surface area contributed by atoms with E-state index in [1.165, 1.54) is 12.3 Å². The maximum Gasteiger partial charge on any atom is 0.324 e. The molecular formula is C15H14ClN3O4S. The van der Waals surface area contributed by atoms with Crippen LogP contribution in [0.25, 0.3) is 0 Å². The van der Waals surface area contributed by atoms with Gasteiger partial charge in [-0.2, -0.15) is 5.10 Å². The Morgan fingerprint density at radius 1 is 1.42 bits per heavy atom. The number of hydrazone groups is 1. The lowest BCUT2D eigenvalue weighted by Crippen LogP contribution is -2.24. The summed E-state index contributed by atoms with van der Waals surface area (Å²) >= 11 is 7.03. The number of nitrogens with zero attached hydrogens (tertiary/aromatic N) is 2. The van der Waals surface area contributed by atoms with Crippen molar-refractivity contribution in [1.29, 1.82) is 0 Å². The second-order valence-corrected chi connectivity index (χ2v) is 6.36. The zero-order valence-corrected chi connectivity index (χ0v) is 14.5. The Hall–Kier alpha value is -2.45. The predicted octanol–water partition coefficient (Wildman–Crippen LogP) is 3.46. The number of thiophene rings is 1. The molecule has 7 nitrogen and oxygen atoms in total. The molecule has 24 heavy (non-hydrogen) atoms. The molecule has 0 fully saturated rings. The largest absolute Gasteiger partial charge is 0.484 e. The van der Waals surface area contributed by atoms with Crippen molar-refractivity contribution in [1.82, 2.24) is 5.43 Å². The monoisotopic (exact) mass is 367 g/mol. The van der Waals surface area contributed by atoms with Crippen LogP contribution in [0.15, 0.2) is 29.4 Å². The summed E-state index contributed by atoms with van der Waals surface area (Å²) < 4.78 is 5.39. The minimum Gasteiger partial charge on any atom is -0.484 e. The summed E-state index contributed by atoms with van der Waals surface area (Å²) in [6, 6.07) is 6.42. The number of nitrogens with one attached hydrogen (secondary N) is 1. The van der Waals surface area contributed by atoms with Crippen molar-refractivity contribution in [2.24, 2.45) is 5.10 Å². The number of hydrogen-bond acceptors (Lipinski definition) is 6. The molecule has 126 valence electrons. The van der Waals surface area contributed by atoms with E-state index in [0.717, 1.165) is 22.5 Å². The Kier molecular flexibility index (Phi) is 5.88. The number of hydrogen-bond donors (Lipinski definition) is 1. The van der Waals surface area contributed by atoms with Gasteiger partial charge in [0.25, 0.3) is 5.91 Å². The van der Waals surface area contributed by atoms with Gasteiger partial charge < -0.3 is 4.74 Å². The van der Waals surface area contributed by atoms with Gasteiger partial charge in [0, 0.05) is 11.1 Å². The van der Waals surface area contributed by atoms with Crippen LogP contribution < -0.4 is 10.2 Å². The molecule has 0 radical (unpaired) electrons. The molecule has 0 unspecified atom stereocenters. The minimum absolute atomic E-state index is 0.0135. The molecule has 0 atom stereocenters. The van der Waals surface area contributed by atoms with Crippen molar-refractivity contribution < 1.29 is 14.5 Å². The van der Waals surface area contributed by atoms with Gasteiger partial charge in [-0.05, 0) is 43.2 Å². The van der Waals surface area contributed by atoms with Crippen LogP contribution in [0, 0.1) is 24.0 Å². The first-order valence-corrected chi connectivity index (χ1v) is 8.02. The fourth-order valence-corrected chi connectivity index (χ4v) is 2.65. The van der Waals surface area contributed by atoms with Gasteiger partial charge in [0.2, 0.25) is 0 Å². The van der Waals surface area contributed by atoms with Crippen LogP contribution in [-0.2, 0) is 4.79 Å². The Balaban J connectivity index is 1.85. The third-order valence-electron chi connectivity index (χ3n) is 2.95. The predicted molar refractivity (Wildman–Crippen MR) is 93.1 cm³/mol. The highest BCUT2D eigenvalue weighted by Gasteiger charge is 2.08. The lowest BCUT2D eigenvalue weighted by Gasteiger charge is -2.09. The van der Waals surface area contributed by atoms with E-state index in [1.54, 1.807) is 18.2 Å². The first-order valence-electron chi connectivity index (χ1n) is 6.82. The van der Waals surface area contributed by atoms with Crippen molar-refractivity contribution in [3.05, 3.63) is 55.4 Å². The van der Waals surface area contributed by atoms with Crippen molar-refractivity contribution >= 4 is 40.1 Å². The molecule has 0 saturated heterocycles. The van der Waals surface area contributed by atoms with Crippen LogP contribution in [0.5, 0.6) is 5.75 Å². The highest BCUT2D eigenvalue weighted by atomic mass is 35.5. The molecular weight excluding hydrogens is 354 g/mol. The number of rotatable bonds is 6. The second-order valence-electron chi connectivity index (χ2n) is 4.89. The summed E-state index contributed by atoms with van der Waals surface area (Å²) in [5, 5.41) is 15.0. The van der Waals surface area contributed by atoms with Crippen molar-refractivity contribution in [3.63, 3.8) is 0 Å². The molecule has 0 saturated carbocycles. The summed E-state index contributed by atoms with van der Waals surface area (Å²) in [6.45, 7) is 3.50. The zero-order valence-electron chi connectivity index (χ0n) is 12.9. The van der Waals surface area contributed by atoms with Crippen molar-refractivity contribution in [2.45, 2.75) is 13.8 Å². The summed E-state index contributed by atoms with van der Waals surface area (Å²) in [5.74, 6) is 0.102. The Labute approximate surface area is 147 Å². The molecule has 1 N–H and O–H groups in total. The van der Waals surface area contributed by atoms with E-state index in [2.05, 4.69) is 10.5 Å². The van der Waals surface area contributed by atoms with Crippen molar-refractivity contribution in [2.75, 3.05) is 6.61 Å². The molecule has 0 aliphatic heterocycles. The second kappa shape index (κ2) is 7.89. The lowest BCUT2D eigenvalue weighted by molar-refractivity contribution is -0.380. The van der Waals surface area contributed by atoms with E-state index in [1.807, 2.05) is 13.8 Å². The summed E-state index contributed by atoms with van der Waals surface area (Å²) in [6.07, 6.45) is 1.34. The average molecular weight is 368 g/mol. The van der Waals surface area contributed by atoms with Crippen LogP contribution in [0.1, 0.15) is 16.0 Å². The maximum absolute atomic E-state index is 11.7. The zero-order chi connectivity index (χ0) is 17.7. The normalized spacial score (nSPS) is 10.8. The third-order valence-corrected chi connectivity index (χ3v) is 4.52. The topological polar surface area (TPSA) is 93.8 Å². The molecule has 1 heterocycles. The van der Waals surface area contributed by atoms with Crippen LogP contribution in [-0.4, -0.2) is 23.7 Å².